The molecule has 0 aromatic carbocycles. The first-order valence-electron chi connectivity index (χ1n) is 5.50. The number of nitrogen functional groups attached to an aromatic ring is 1. The van der Waals surface area contributed by atoms with Crippen LogP contribution in [0.25, 0.3) is 0 Å². The molecule has 0 saturated carbocycles. The Morgan fingerprint density at radius 3 is 2.58 bits per heavy atom. The number of ether oxygens (including phenoxy) is 1. The molecule has 0 aliphatic heterocycles. The molecule has 9 heteroatoms. The zero-order chi connectivity index (χ0) is 13.9. The Morgan fingerprint density at radius 1 is 1.26 bits per heavy atom. The molecular formula is C10H15N7OS. The molecule has 0 bridgehead atoms. The van der Waals surface area contributed by atoms with Gasteiger partial charge in [0.05, 0.1) is 12.6 Å². The molecule has 0 amide bonds. The summed E-state index contributed by atoms with van der Waals surface area (Å²) in [4.78, 5) is 16.5. The summed E-state index contributed by atoms with van der Waals surface area (Å²) in [5.41, 5.74) is 1.96. The zero-order valence-electron chi connectivity index (χ0n) is 10.8. The maximum atomic E-state index is 5.30. The summed E-state index contributed by atoms with van der Waals surface area (Å²) in [6.45, 7) is 3.97. The van der Waals surface area contributed by atoms with Gasteiger partial charge in [0.1, 0.15) is 5.01 Å². The summed E-state index contributed by atoms with van der Waals surface area (Å²) in [6.07, 6.45) is 1.75. The second-order valence-electron chi connectivity index (χ2n) is 4.20. The van der Waals surface area contributed by atoms with Crippen LogP contribution in [0.15, 0.2) is 11.6 Å². The molecule has 0 radical (unpaired) electrons. The smallest absolute Gasteiger partial charge is 0.322 e. The SMILES string of the molecule is COc1nc(NN)nc(NC(C)(C)c2nccs2)n1. The molecule has 2 aromatic heterocycles. The number of aromatic nitrogens is 4. The van der Waals surface area contributed by atoms with Crippen LogP contribution in [0.4, 0.5) is 11.9 Å². The Hall–Kier alpha value is -2.00. The number of nitrogens with zero attached hydrogens (tertiary/aromatic N) is 4. The van der Waals surface area contributed by atoms with Gasteiger partial charge in [0.25, 0.3) is 0 Å². The van der Waals surface area contributed by atoms with Gasteiger partial charge in [-0.3, -0.25) is 5.43 Å². The lowest BCUT2D eigenvalue weighted by atomic mass is 10.1. The van der Waals surface area contributed by atoms with Crippen molar-refractivity contribution in [2.75, 3.05) is 17.9 Å². The molecule has 8 nitrogen and oxygen atoms in total. The van der Waals surface area contributed by atoms with Gasteiger partial charge in [-0.25, -0.2) is 10.8 Å². The standard InChI is InChI=1S/C10H15N7OS/c1-10(2,6-12-4-5-19-6)16-7-13-8(17-11)15-9(14-7)18-3/h4-5H,11H2,1-3H3,(H2,13,14,15,16,17). The van der Waals surface area contributed by atoms with E-state index in [0.717, 1.165) is 5.01 Å². The summed E-state index contributed by atoms with van der Waals surface area (Å²) < 4.78 is 4.99. The van der Waals surface area contributed by atoms with Crippen molar-refractivity contribution >= 4 is 23.2 Å². The molecule has 0 atom stereocenters. The number of methoxy groups -OCH3 is 1. The number of nitrogens with one attached hydrogen (secondary N) is 2. The molecule has 102 valence electrons. The minimum atomic E-state index is -0.410. The highest BCUT2D eigenvalue weighted by molar-refractivity contribution is 7.09. The minimum absolute atomic E-state index is 0.181. The van der Waals surface area contributed by atoms with Gasteiger partial charge in [0, 0.05) is 11.6 Å². The first-order chi connectivity index (χ1) is 9.05. The van der Waals surface area contributed by atoms with Gasteiger partial charge in [-0.15, -0.1) is 11.3 Å². The first-order valence-corrected chi connectivity index (χ1v) is 6.38. The highest BCUT2D eigenvalue weighted by Gasteiger charge is 2.24. The van der Waals surface area contributed by atoms with Crippen molar-refractivity contribution in [3.05, 3.63) is 16.6 Å². The number of rotatable bonds is 5. The number of nitrogens with two attached hydrogens (primary N) is 1. The molecule has 0 spiro atoms. The number of anilines is 2. The van der Waals surface area contributed by atoms with Crippen LogP contribution >= 0.6 is 11.3 Å². The van der Waals surface area contributed by atoms with Crippen LogP contribution in [-0.2, 0) is 5.54 Å². The highest BCUT2D eigenvalue weighted by Crippen LogP contribution is 2.26. The molecule has 2 rings (SSSR count). The van der Waals surface area contributed by atoms with Gasteiger partial charge in [0.2, 0.25) is 11.9 Å². The van der Waals surface area contributed by atoms with E-state index in [4.69, 9.17) is 10.6 Å². The van der Waals surface area contributed by atoms with E-state index in [1.165, 1.54) is 7.11 Å². The Balaban J connectivity index is 2.27. The lowest BCUT2D eigenvalue weighted by molar-refractivity contribution is 0.379. The summed E-state index contributed by atoms with van der Waals surface area (Å²) in [7, 11) is 1.48. The van der Waals surface area contributed by atoms with Crippen LogP contribution in [-0.4, -0.2) is 27.0 Å². The average Bonchev–Trinajstić information content (AvgIpc) is 2.92. The van der Waals surface area contributed by atoms with Crippen molar-refractivity contribution in [3.63, 3.8) is 0 Å². The number of thiazole rings is 1. The monoisotopic (exact) mass is 281 g/mol. The van der Waals surface area contributed by atoms with E-state index in [0.29, 0.717) is 5.95 Å². The van der Waals surface area contributed by atoms with Crippen molar-refractivity contribution in [1.82, 2.24) is 19.9 Å². The second kappa shape index (κ2) is 5.33. The summed E-state index contributed by atoms with van der Waals surface area (Å²) in [5, 5.41) is 6.02. The highest BCUT2D eigenvalue weighted by atomic mass is 32.1. The van der Waals surface area contributed by atoms with Crippen molar-refractivity contribution < 1.29 is 4.74 Å². The van der Waals surface area contributed by atoms with E-state index < -0.39 is 5.54 Å². The van der Waals surface area contributed by atoms with Gasteiger partial charge in [-0.05, 0) is 13.8 Å². The van der Waals surface area contributed by atoms with Crippen LogP contribution in [0.3, 0.4) is 0 Å². The summed E-state index contributed by atoms with van der Waals surface area (Å²) >= 11 is 1.55. The zero-order valence-corrected chi connectivity index (χ0v) is 11.7. The van der Waals surface area contributed by atoms with Gasteiger partial charge < -0.3 is 10.1 Å². The van der Waals surface area contributed by atoms with Crippen molar-refractivity contribution in [3.8, 4) is 6.01 Å². The first kappa shape index (κ1) is 13.4. The van der Waals surface area contributed by atoms with E-state index in [1.54, 1.807) is 17.5 Å². The Labute approximate surface area is 114 Å². The number of hydrazine groups is 1. The molecular weight excluding hydrogens is 266 g/mol. The molecule has 4 N–H and O–H groups in total. The predicted octanol–water partition coefficient (Wildman–Crippen LogP) is 0.969. The number of hydrogen-bond acceptors (Lipinski definition) is 9. The van der Waals surface area contributed by atoms with Gasteiger partial charge in [-0.1, -0.05) is 0 Å². The lowest BCUT2D eigenvalue weighted by Crippen LogP contribution is -2.29. The van der Waals surface area contributed by atoms with Crippen molar-refractivity contribution in [1.29, 1.82) is 0 Å². The molecule has 0 saturated heterocycles. The molecule has 19 heavy (non-hydrogen) atoms. The Bertz CT molecular complexity index is 521. The van der Waals surface area contributed by atoms with Crippen LogP contribution in [0.2, 0.25) is 0 Å². The molecule has 0 fully saturated rings. The quantitative estimate of drug-likeness (QED) is 0.549. The Kier molecular flexibility index (Phi) is 3.76. The fourth-order valence-electron chi connectivity index (χ4n) is 1.43. The minimum Gasteiger partial charge on any atom is -0.467 e. The third-order valence-corrected chi connectivity index (χ3v) is 3.41. The predicted molar refractivity (Wildman–Crippen MR) is 73.0 cm³/mol. The molecule has 2 aromatic rings. The largest absolute Gasteiger partial charge is 0.467 e. The van der Waals surface area contributed by atoms with E-state index in [2.05, 4.69) is 30.7 Å². The van der Waals surface area contributed by atoms with Gasteiger partial charge in [0.15, 0.2) is 0 Å². The lowest BCUT2D eigenvalue weighted by Gasteiger charge is -2.23. The van der Waals surface area contributed by atoms with Gasteiger partial charge >= 0.3 is 6.01 Å². The third kappa shape index (κ3) is 3.06. The van der Waals surface area contributed by atoms with E-state index >= 15 is 0 Å². The molecule has 2 heterocycles. The van der Waals surface area contributed by atoms with Crippen LogP contribution in [0.1, 0.15) is 18.9 Å². The van der Waals surface area contributed by atoms with E-state index in [9.17, 15) is 0 Å². The van der Waals surface area contributed by atoms with Crippen LogP contribution in [0.5, 0.6) is 6.01 Å². The van der Waals surface area contributed by atoms with Gasteiger partial charge in [-0.2, -0.15) is 15.0 Å². The van der Waals surface area contributed by atoms with Crippen molar-refractivity contribution in [2.24, 2.45) is 5.84 Å². The summed E-state index contributed by atoms with van der Waals surface area (Å²) in [5.74, 6) is 5.89. The molecule has 0 aliphatic carbocycles. The average molecular weight is 281 g/mol. The molecule has 0 aliphatic rings. The fraction of sp³-hybridized carbons (Fsp3) is 0.400. The second-order valence-corrected chi connectivity index (χ2v) is 5.10. The van der Waals surface area contributed by atoms with E-state index in [1.807, 2.05) is 19.2 Å². The van der Waals surface area contributed by atoms with Crippen molar-refractivity contribution in [2.45, 2.75) is 19.4 Å². The van der Waals surface area contributed by atoms with Crippen LogP contribution < -0.4 is 21.3 Å². The van der Waals surface area contributed by atoms with E-state index in [-0.39, 0.29) is 12.0 Å². The maximum absolute atomic E-state index is 5.30. The summed E-state index contributed by atoms with van der Waals surface area (Å²) in [6, 6.07) is 0.181. The number of hydrogen-bond donors (Lipinski definition) is 3. The fourth-order valence-corrected chi connectivity index (χ4v) is 2.15. The maximum Gasteiger partial charge on any atom is 0.322 e. The molecule has 0 unspecified atom stereocenters. The third-order valence-electron chi connectivity index (χ3n) is 2.32. The van der Waals surface area contributed by atoms with Crippen LogP contribution in [0, 0.1) is 0 Å². The Morgan fingerprint density at radius 2 is 2.00 bits per heavy atom. The topological polar surface area (TPSA) is 111 Å². The normalized spacial score (nSPS) is 11.2.